The zero-order valence-corrected chi connectivity index (χ0v) is 17.9. The maximum atomic E-state index is 12.5. The fourth-order valence-corrected chi connectivity index (χ4v) is 3.99. The van der Waals surface area contributed by atoms with Gasteiger partial charge < -0.3 is 9.64 Å². The zero-order valence-electron chi connectivity index (χ0n) is 15.5. The normalized spacial score (nSPS) is 11.3. The molecule has 0 amide bonds. The Bertz CT molecular complexity index is 896. The van der Waals surface area contributed by atoms with Crippen LogP contribution in [0.25, 0.3) is 0 Å². The standard InChI is InChI=1S/C19H23BrN2O4S/c1-22(2)15-8-6-14(7-9-15)5-4-12-21-27(24,25)16-10-11-18(20)17(13-16)19(23)26-3/h6-11,13,21H,4-5,12H2,1-3H3. The fraction of sp³-hybridized carbons (Fsp3) is 0.316. The number of anilines is 1. The first kappa shape index (κ1) is 21.4. The third-order valence-electron chi connectivity index (χ3n) is 4.04. The first-order valence-electron chi connectivity index (χ1n) is 8.38. The molecule has 2 aromatic rings. The molecule has 0 atom stereocenters. The third-order valence-corrected chi connectivity index (χ3v) is 6.19. The third kappa shape index (κ3) is 5.79. The summed E-state index contributed by atoms with van der Waals surface area (Å²) >= 11 is 3.22. The Balaban J connectivity index is 1.96. The fourth-order valence-electron chi connectivity index (χ4n) is 2.48. The number of halogens is 1. The summed E-state index contributed by atoms with van der Waals surface area (Å²) in [4.78, 5) is 13.8. The van der Waals surface area contributed by atoms with Gasteiger partial charge in [0.15, 0.2) is 0 Å². The van der Waals surface area contributed by atoms with Crippen LogP contribution in [0.2, 0.25) is 0 Å². The van der Waals surface area contributed by atoms with E-state index < -0.39 is 16.0 Å². The Labute approximate surface area is 168 Å². The van der Waals surface area contributed by atoms with E-state index in [2.05, 4.69) is 25.4 Å². The second kappa shape index (κ2) is 9.34. The van der Waals surface area contributed by atoms with Gasteiger partial charge in [-0.1, -0.05) is 12.1 Å². The number of sulfonamides is 1. The molecular weight excluding hydrogens is 432 g/mol. The number of methoxy groups -OCH3 is 1. The molecule has 0 fully saturated rings. The molecule has 146 valence electrons. The predicted octanol–water partition coefficient (Wildman–Crippen LogP) is 3.21. The van der Waals surface area contributed by atoms with Gasteiger partial charge in [-0.15, -0.1) is 0 Å². The van der Waals surface area contributed by atoms with Crippen LogP contribution in [0.4, 0.5) is 5.69 Å². The van der Waals surface area contributed by atoms with Crippen molar-refractivity contribution < 1.29 is 17.9 Å². The average molecular weight is 455 g/mol. The number of nitrogens with zero attached hydrogens (tertiary/aromatic N) is 1. The van der Waals surface area contributed by atoms with Crippen LogP contribution in [0.1, 0.15) is 22.3 Å². The van der Waals surface area contributed by atoms with Gasteiger partial charge in [0.1, 0.15) is 0 Å². The van der Waals surface area contributed by atoms with Gasteiger partial charge in [0.05, 0.1) is 17.6 Å². The summed E-state index contributed by atoms with van der Waals surface area (Å²) in [7, 11) is 1.52. The lowest BCUT2D eigenvalue weighted by atomic mass is 10.1. The maximum absolute atomic E-state index is 12.5. The Morgan fingerprint density at radius 3 is 2.41 bits per heavy atom. The average Bonchev–Trinajstić information content (AvgIpc) is 2.65. The van der Waals surface area contributed by atoms with Crippen LogP contribution in [0, 0.1) is 0 Å². The molecule has 0 saturated carbocycles. The van der Waals surface area contributed by atoms with Crippen LogP contribution < -0.4 is 9.62 Å². The Morgan fingerprint density at radius 2 is 1.81 bits per heavy atom. The summed E-state index contributed by atoms with van der Waals surface area (Å²) in [5.41, 5.74) is 2.44. The molecule has 27 heavy (non-hydrogen) atoms. The van der Waals surface area contributed by atoms with Crippen LogP contribution >= 0.6 is 15.9 Å². The first-order chi connectivity index (χ1) is 12.7. The van der Waals surface area contributed by atoms with Crippen molar-refractivity contribution in [1.29, 1.82) is 0 Å². The maximum Gasteiger partial charge on any atom is 0.339 e. The number of esters is 1. The molecule has 6 nitrogen and oxygen atoms in total. The molecule has 0 aliphatic rings. The van der Waals surface area contributed by atoms with Crippen molar-refractivity contribution in [3.63, 3.8) is 0 Å². The molecular formula is C19H23BrN2O4S. The minimum atomic E-state index is -3.70. The molecule has 0 heterocycles. The van der Waals surface area contributed by atoms with E-state index in [1.807, 2.05) is 43.3 Å². The van der Waals surface area contributed by atoms with Gasteiger partial charge in [-0.05, 0) is 64.7 Å². The molecule has 0 saturated heterocycles. The number of hydrogen-bond donors (Lipinski definition) is 1. The van der Waals surface area contributed by atoms with Gasteiger partial charge >= 0.3 is 5.97 Å². The summed E-state index contributed by atoms with van der Waals surface area (Å²) in [6.45, 7) is 0.307. The van der Waals surface area contributed by atoms with E-state index in [-0.39, 0.29) is 10.5 Å². The number of carbonyl (C=O) groups excluding carboxylic acids is 1. The number of aryl methyl sites for hydroxylation is 1. The molecule has 0 radical (unpaired) electrons. The van der Waals surface area contributed by atoms with E-state index >= 15 is 0 Å². The van der Waals surface area contributed by atoms with Crippen LogP contribution in [0.3, 0.4) is 0 Å². The topological polar surface area (TPSA) is 75.7 Å². The highest BCUT2D eigenvalue weighted by molar-refractivity contribution is 9.10. The number of nitrogens with one attached hydrogen (secondary N) is 1. The molecule has 0 aromatic heterocycles. The lowest BCUT2D eigenvalue weighted by Crippen LogP contribution is -2.25. The van der Waals surface area contributed by atoms with Crippen molar-refractivity contribution in [2.24, 2.45) is 0 Å². The smallest absolute Gasteiger partial charge is 0.339 e. The molecule has 0 unspecified atom stereocenters. The summed E-state index contributed by atoms with van der Waals surface area (Å²) < 4.78 is 32.6. The minimum Gasteiger partial charge on any atom is -0.465 e. The summed E-state index contributed by atoms with van der Waals surface area (Å²) in [6, 6.07) is 12.4. The highest BCUT2D eigenvalue weighted by Gasteiger charge is 2.18. The van der Waals surface area contributed by atoms with Crippen molar-refractivity contribution >= 4 is 37.6 Å². The lowest BCUT2D eigenvalue weighted by molar-refractivity contribution is 0.0599. The molecule has 1 N–H and O–H groups in total. The molecule has 0 aliphatic heterocycles. The van der Waals surface area contributed by atoms with Crippen LogP contribution in [0.15, 0.2) is 51.8 Å². The Kier molecular flexibility index (Phi) is 7.41. The summed E-state index contributed by atoms with van der Waals surface area (Å²) in [5.74, 6) is -0.597. The zero-order chi connectivity index (χ0) is 20.0. The highest BCUT2D eigenvalue weighted by atomic mass is 79.9. The Hall–Kier alpha value is -1.90. The SMILES string of the molecule is COC(=O)c1cc(S(=O)(=O)NCCCc2ccc(N(C)C)cc2)ccc1Br. The van der Waals surface area contributed by atoms with Crippen molar-refractivity contribution in [3.8, 4) is 0 Å². The van der Waals surface area contributed by atoms with E-state index in [0.717, 1.165) is 17.7 Å². The van der Waals surface area contributed by atoms with Crippen LogP contribution in [-0.4, -0.2) is 42.1 Å². The molecule has 0 spiro atoms. The van der Waals surface area contributed by atoms with E-state index in [0.29, 0.717) is 17.4 Å². The summed E-state index contributed by atoms with van der Waals surface area (Å²) in [5, 5.41) is 0. The highest BCUT2D eigenvalue weighted by Crippen LogP contribution is 2.22. The quantitative estimate of drug-likeness (QED) is 0.489. The largest absolute Gasteiger partial charge is 0.465 e. The number of ether oxygens (including phenoxy) is 1. The van der Waals surface area contributed by atoms with Gasteiger partial charge in [0.2, 0.25) is 10.0 Å². The van der Waals surface area contributed by atoms with Gasteiger partial charge in [-0.25, -0.2) is 17.9 Å². The van der Waals surface area contributed by atoms with Gasteiger partial charge in [-0.3, -0.25) is 0 Å². The van der Waals surface area contributed by atoms with Gasteiger partial charge in [0, 0.05) is 30.8 Å². The first-order valence-corrected chi connectivity index (χ1v) is 10.7. The number of rotatable bonds is 8. The van der Waals surface area contributed by atoms with E-state index in [9.17, 15) is 13.2 Å². The van der Waals surface area contributed by atoms with E-state index in [1.165, 1.54) is 25.3 Å². The van der Waals surface area contributed by atoms with Crippen molar-refractivity contribution in [2.45, 2.75) is 17.7 Å². The van der Waals surface area contributed by atoms with Crippen molar-refractivity contribution in [2.75, 3.05) is 32.6 Å². The van der Waals surface area contributed by atoms with Crippen molar-refractivity contribution in [1.82, 2.24) is 4.72 Å². The van der Waals surface area contributed by atoms with Crippen molar-refractivity contribution in [3.05, 3.63) is 58.1 Å². The van der Waals surface area contributed by atoms with Gasteiger partial charge in [0.25, 0.3) is 0 Å². The van der Waals surface area contributed by atoms with Gasteiger partial charge in [-0.2, -0.15) is 0 Å². The monoisotopic (exact) mass is 454 g/mol. The number of hydrogen-bond acceptors (Lipinski definition) is 5. The number of carbonyl (C=O) groups is 1. The number of benzene rings is 2. The molecule has 2 rings (SSSR count). The van der Waals surface area contributed by atoms with Crippen LogP contribution in [0.5, 0.6) is 0 Å². The van der Waals surface area contributed by atoms with Crippen LogP contribution in [-0.2, 0) is 21.2 Å². The van der Waals surface area contributed by atoms with E-state index in [4.69, 9.17) is 0 Å². The predicted molar refractivity (Wildman–Crippen MR) is 110 cm³/mol. The minimum absolute atomic E-state index is 0.0291. The molecule has 0 aliphatic carbocycles. The molecule has 2 aromatic carbocycles. The molecule has 8 heteroatoms. The Morgan fingerprint density at radius 1 is 1.15 bits per heavy atom. The summed E-state index contributed by atoms with van der Waals surface area (Å²) in [6.07, 6.45) is 1.44. The van der Waals surface area contributed by atoms with E-state index in [1.54, 1.807) is 0 Å². The lowest BCUT2D eigenvalue weighted by Gasteiger charge is -2.13. The second-order valence-electron chi connectivity index (χ2n) is 6.20. The molecule has 0 bridgehead atoms. The second-order valence-corrected chi connectivity index (χ2v) is 8.82.